The lowest BCUT2D eigenvalue weighted by atomic mass is 9.82. The first-order valence-corrected chi connectivity index (χ1v) is 7.95. The molecule has 4 heteroatoms. The second kappa shape index (κ2) is 8.03. The van der Waals surface area contributed by atoms with Gasteiger partial charge in [0, 0.05) is 6.04 Å². The molecular formula is C17H26N2O2. The number of hydrogen-bond acceptors (Lipinski definition) is 2. The number of aliphatic hydroxyl groups excluding tert-OH is 1. The zero-order valence-corrected chi connectivity index (χ0v) is 12.7. The van der Waals surface area contributed by atoms with E-state index in [1.807, 2.05) is 13.0 Å². The Morgan fingerprint density at radius 3 is 2.48 bits per heavy atom. The third-order valence-corrected chi connectivity index (χ3v) is 4.38. The van der Waals surface area contributed by atoms with Gasteiger partial charge in [-0.05, 0) is 43.6 Å². The quantitative estimate of drug-likeness (QED) is 0.781. The van der Waals surface area contributed by atoms with Crippen molar-refractivity contribution in [1.82, 2.24) is 10.6 Å². The minimum atomic E-state index is -0.154. The molecule has 1 atom stereocenters. The minimum Gasteiger partial charge on any atom is -0.394 e. The lowest BCUT2D eigenvalue weighted by molar-refractivity contribution is 0.208. The van der Waals surface area contributed by atoms with Gasteiger partial charge in [-0.3, -0.25) is 0 Å². The Balaban J connectivity index is 1.75. The topological polar surface area (TPSA) is 61.4 Å². The number of urea groups is 1. The predicted octanol–water partition coefficient (Wildman–Crippen LogP) is 2.78. The Morgan fingerprint density at radius 1 is 1.24 bits per heavy atom. The van der Waals surface area contributed by atoms with Gasteiger partial charge in [-0.25, -0.2) is 4.79 Å². The van der Waals surface area contributed by atoms with Crippen molar-refractivity contribution in [3.8, 4) is 0 Å². The highest BCUT2D eigenvalue weighted by atomic mass is 16.3. The van der Waals surface area contributed by atoms with Crippen LogP contribution in [0.4, 0.5) is 4.79 Å². The molecule has 0 aliphatic heterocycles. The smallest absolute Gasteiger partial charge is 0.315 e. The molecule has 0 saturated heterocycles. The largest absolute Gasteiger partial charge is 0.394 e. The molecule has 2 amide bonds. The fraction of sp³-hybridized carbons (Fsp3) is 0.588. The summed E-state index contributed by atoms with van der Waals surface area (Å²) < 4.78 is 0. The summed E-state index contributed by atoms with van der Waals surface area (Å²) in [5.74, 6) is 0.619. The molecule has 1 aromatic carbocycles. The summed E-state index contributed by atoms with van der Waals surface area (Å²) in [4.78, 5) is 11.9. The summed E-state index contributed by atoms with van der Waals surface area (Å²) in [6.07, 6.45) is 5.01. The molecule has 21 heavy (non-hydrogen) atoms. The monoisotopic (exact) mass is 290 g/mol. The SMILES string of the molecule is CCC(CO)NC(=O)NC1CCC(c2ccccc2)CC1. The summed E-state index contributed by atoms with van der Waals surface area (Å²) >= 11 is 0. The molecule has 0 aromatic heterocycles. The molecule has 1 saturated carbocycles. The van der Waals surface area contributed by atoms with Crippen molar-refractivity contribution in [2.45, 2.75) is 57.0 Å². The third-order valence-electron chi connectivity index (χ3n) is 4.38. The van der Waals surface area contributed by atoms with Gasteiger partial charge >= 0.3 is 6.03 Å². The van der Waals surface area contributed by atoms with Crippen LogP contribution in [0.15, 0.2) is 30.3 Å². The zero-order valence-electron chi connectivity index (χ0n) is 12.7. The summed E-state index contributed by atoms with van der Waals surface area (Å²) in [6.45, 7) is 1.94. The van der Waals surface area contributed by atoms with E-state index in [1.54, 1.807) is 0 Å². The Kier molecular flexibility index (Phi) is 6.05. The molecular weight excluding hydrogens is 264 g/mol. The van der Waals surface area contributed by atoms with E-state index in [1.165, 1.54) is 5.56 Å². The van der Waals surface area contributed by atoms with Crippen LogP contribution in [-0.4, -0.2) is 29.8 Å². The maximum absolute atomic E-state index is 11.9. The molecule has 116 valence electrons. The molecule has 0 radical (unpaired) electrons. The van der Waals surface area contributed by atoms with Crippen molar-refractivity contribution in [2.75, 3.05) is 6.61 Å². The van der Waals surface area contributed by atoms with E-state index in [0.717, 1.165) is 32.1 Å². The third kappa shape index (κ3) is 4.74. The number of benzene rings is 1. The van der Waals surface area contributed by atoms with Gasteiger partial charge in [0.2, 0.25) is 0 Å². The highest BCUT2D eigenvalue weighted by Gasteiger charge is 2.23. The van der Waals surface area contributed by atoms with Crippen LogP contribution in [0.25, 0.3) is 0 Å². The normalized spacial score (nSPS) is 23.3. The van der Waals surface area contributed by atoms with Gasteiger partial charge in [-0.1, -0.05) is 37.3 Å². The van der Waals surface area contributed by atoms with E-state index in [2.05, 4.69) is 34.9 Å². The molecule has 0 spiro atoms. The second-order valence-electron chi connectivity index (χ2n) is 5.86. The fourth-order valence-electron chi connectivity index (χ4n) is 2.99. The standard InChI is InChI=1S/C17H26N2O2/c1-2-15(12-20)18-17(21)19-16-10-8-14(9-11-16)13-6-4-3-5-7-13/h3-7,14-16,20H,2,8-12H2,1H3,(H2,18,19,21). The van der Waals surface area contributed by atoms with Crippen LogP contribution in [0.5, 0.6) is 0 Å². The van der Waals surface area contributed by atoms with E-state index < -0.39 is 0 Å². The molecule has 0 heterocycles. The lowest BCUT2D eigenvalue weighted by Crippen LogP contribution is -2.48. The fourth-order valence-corrected chi connectivity index (χ4v) is 2.99. The molecule has 1 aromatic rings. The summed E-state index contributed by atoms with van der Waals surface area (Å²) in [5.41, 5.74) is 1.41. The van der Waals surface area contributed by atoms with E-state index in [0.29, 0.717) is 5.92 Å². The Bertz CT molecular complexity index is 424. The van der Waals surface area contributed by atoms with Crippen molar-refractivity contribution < 1.29 is 9.90 Å². The van der Waals surface area contributed by atoms with E-state index in [9.17, 15) is 4.79 Å². The number of rotatable bonds is 5. The van der Waals surface area contributed by atoms with E-state index >= 15 is 0 Å². The first-order valence-electron chi connectivity index (χ1n) is 7.95. The zero-order chi connectivity index (χ0) is 15.1. The maximum atomic E-state index is 11.9. The van der Waals surface area contributed by atoms with Crippen molar-refractivity contribution in [1.29, 1.82) is 0 Å². The van der Waals surface area contributed by atoms with Gasteiger partial charge in [0.1, 0.15) is 0 Å². The molecule has 0 bridgehead atoms. The highest BCUT2D eigenvalue weighted by molar-refractivity contribution is 5.74. The van der Waals surface area contributed by atoms with Crippen LogP contribution in [-0.2, 0) is 0 Å². The maximum Gasteiger partial charge on any atom is 0.315 e. The van der Waals surface area contributed by atoms with E-state index in [-0.39, 0.29) is 24.7 Å². The van der Waals surface area contributed by atoms with Crippen LogP contribution in [0.2, 0.25) is 0 Å². The van der Waals surface area contributed by atoms with Gasteiger partial charge in [0.05, 0.1) is 12.6 Å². The van der Waals surface area contributed by atoms with Crippen molar-refractivity contribution in [3.05, 3.63) is 35.9 Å². The van der Waals surface area contributed by atoms with Crippen LogP contribution in [0, 0.1) is 0 Å². The van der Waals surface area contributed by atoms with Crippen LogP contribution in [0.1, 0.15) is 50.5 Å². The van der Waals surface area contributed by atoms with Gasteiger partial charge in [0.25, 0.3) is 0 Å². The molecule has 1 aliphatic rings. The summed E-state index contributed by atoms with van der Waals surface area (Å²) in [6, 6.07) is 10.6. The molecule has 1 unspecified atom stereocenters. The number of aliphatic hydroxyl groups is 1. The molecule has 2 rings (SSSR count). The number of amides is 2. The Morgan fingerprint density at radius 2 is 1.90 bits per heavy atom. The van der Waals surface area contributed by atoms with Crippen LogP contribution >= 0.6 is 0 Å². The number of carbonyl (C=O) groups excluding carboxylic acids is 1. The highest BCUT2D eigenvalue weighted by Crippen LogP contribution is 2.32. The molecule has 1 fully saturated rings. The van der Waals surface area contributed by atoms with Gasteiger partial charge in [-0.15, -0.1) is 0 Å². The lowest BCUT2D eigenvalue weighted by Gasteiger charge is -2.30. The number of hydrogen-bond donors (Lipinski definition) is 3. The first-order chi connectivity index (χ1) is 10.2. The second-order valence-corrected chi connectivity index (χ2v) is 5.86. The van der Waals surface area contributed by atoms with Gasteiger partial charge in [0.15, 0.2) is 0 Å². The number of carbonyl (C=O) groups is 1. The average Bonchev–Trinajstić information content (AvgIpc) is 2.54. The summed E-state index contributed by atoms with van der Waals surface area (Å²) in [5, 5.41) is 14.9. The van der Waals surface area contributed by atoms with E-state index in [4.69, 9.17) is 5.11 Å². The minimum absolute atomic E-state index is 0.00926. The number of nitrogens with one attached hydrogen (secondary N) is 2. The Hall–Kier alpha value is -1.55. The van der Waals surface area contributed by atoms with Crippen molar-refractivity contribution in [2.24, 2.45) is 0 Å². The van der Waals surface area contributed by atoms with Gasteiger partial charge in [-0.2, -0.15) is 0 Å². The van der Waals surface area contributed by atoms with Crippen molar-refractivity contribution >= 4 is 6.03 Å². The van der Waals surface area contributed by atoms with Gasteiger partial charge < -0.3 is 15.7 Å². The first kappa shape index (κ1) is 15.8. The Labute approximate surface area is 126 Å². The van der Waals surface area contributed by atoms with Crippen LogP contribution in [0.3, 0.4) is 0 Å². The van der Waals surface area contributed by atoms with Crippen molar-refractivity contribution in [3.63, 3.8) is 0 Å². The average molecular weight is 290 g/mol. The summed E-state index contributed by atoms with van der Waals surface area (Å²) in [7, 11) is 0. The molecule has 4 nitrogen and oxygen atoms in total. The molecule has 3 N–H and O–H groups in total. The predicted molar refractivity (Wildman–Crippen MR) is 84.3 cm³/mol. The van der Waals surface area contributed by atoms with Crippen LogP contribution < -0.4 is 10.6 Å². The molecule has 1 aliphatic carbocycles.